The lowest BCUT2D eigenvalue weighted by molar-refractivity contribution is -0.383. The molecule has 20 heavy (non-hydrogen) atoms. The smallest absolute Gasteiger partial charge is 0.292 e. The van der Waals surface area contributed by atoms with Gasteiger partial charge in [0.2, 0.25) is 5.91 Å². The molecule has 0 aliphatic heterocycles. The zero-order chi connectivity index (χ0) is 14.7. The predicted molar refractivity (Wildman–Crippen MR) is 76.4 cm³/mol. The highest BCUT2D eigenvalue weighted by Crippen LogP contribution is 2.23. The van der Waals surface area contributed by atoms with Gasteiger partial charge in [0.15, 0.2) is 0 Å². The summed E-state index contributed by atoms with van der Waals surface area (Å²) in [5.74, 6) is -0.377. The number of aromatic nitrogens is 2. The quantitative estimate of drug-likeness (QED) is 0.684. The van der Waals surface area contributed by atoms with Crippen LogP contribution in [0.2, 0.25) is 0 Å². The fraction of sp³-hybridized carbons (Fsp3) is 0.167. The van der Waals surface area contributed by atoms with Gasteiger partial charge in [0.05, 0.1) is 21.3 Å². The van der Waals surface area contributed by atoms with Crippen LogP contribution in [0.4, 0.5) is 11.4 Å². The maximum Gasteiger partial charge on any atom is 0.292 e. The van der Waals surface area contributed by atoms with E-state index in [2.05, 4.69) is 26.3 Å². The van der Waals surface area contributed by atoms with Crippen LogP contribution in [0.1, 0.15) is 5.69 Å². The van der Waals surface area contributed by atoms with Gasteiger partial charge in [-0.3, -0.25) is 19.6 Å². The average molecular weight is 339 g/mol. The molecule has 0 aliphatic carbocycles. The highest BCUT2D eigenvalue weighted by Gasteiger charge is 2.15. The maximum absolute atomic E-state index is 11.9. The molecule has 1 N–H and O–H groups in total. The largest absolute Gasteiger partial charge is 0.319 e. The van der Waals surface area contributed by atoms with E-state index >= 15 is 0 Å². The topological polar surface area (TPSA) is 90.1 Å². The molecule has 0 saturated carbocycles. The zero-order valence-corrected chi connectivity index (χ0v) is 12.1. The highest BCUT2D eigenvalue weighted by molar-refractivity contribution is 9.10. The van der Waals surface area contributed by atoms with E-state index in [0.29, 0.717) is 0 Å². The summed E-state index contributed by atoms with van der Waals surface area (Å²) >= 11 is 3.30. The Morgan fingerprint density at radius 2 is 2.20 bits per heavy atom. The van der Waals surface area contributed by atoms with E-state index in [-0.39, 0.29) is 23.8 Å². The summed E-state index contributed by atoms with van der Waals surface area (Å²) in [5.41, 5.74) is 0.841. The average Bonchev–Trinajstić information content (AvgIpc) is 2.71. The molecule has 0 spiro atoms. The first-order valence-corrected chi connectivity index (χ1v) is 6.49. The Morgan fingerprint density at radius 3 is 2.80 bits per heavy atom. The van der Waals surface area contributed by atoms with Crippen LogP contribution in [0, 0.1) is 17.0 Å². The molecule has 1 aromatic heterocycles. The molecular formula is C12H11BrN4O3. The second kappa shape index (κ2) is 5.83. The van der Waals surface area contributed by atoms with Crippen LogP contribution in [0.5, 0.6) is 0 Å². The Balaban J connectivity index is 2.13. The molecule has 0 fully saturated rings. The number of para-hydroxylation sites is 2. The van der Waals surface area contributed by atoms with Crippen LogP contribution < -0.4 is 5.32 Å². The molecule has 0 aliphatic rings. The number of nitrogens with one attached hydrogen (secondary N) is 1. The summed E-state index contributed by atoms with van der Waals surface area (Å²) in [7, 11) is 0. The number of carbonyl (C=O) groups is 1. The molecule has 0 atom stereocenters. The van der Waals surface area contributed by atoms with Crippen molar-refractivity contribution in [1.82, 2.24) is 9.78 Å². The van der Waals surface area contributed by atoms with Crippen LogP contribution in [-0.2, 0) is 11.3 Å². The minimum Gasteiger partial charge on any atom is -0.319 e. The lowest BCUT2D eigenvalue weighted by Crippen LogP contribution is -2.20. The fourth-order valence-corrected chi connectivity index (χ4v) is 1.94. The van der Waals surface area contributed by atoms with E-state index in [4.69, 9.17) is 0 Å². The monoisotopic (exact) mass is 338 g/mol. The molecule has 7 nitrogen and oxygen atoms in total. The zero-order valence-electron chi connectivity index (χ0n) is 10.5. The van der Waals surface area contributed by atoms with Crippen LogP contribution in [0.25, 0.3) is 0 Å². The third-order valence-corrected chi connectivity index (χ3v) is 3.49. The normalized spacial score (nSPS) is 10.3. The Kier molecular flexibility index (Phi) is 4.14. The number of nitro benzene ring substituents is 1. The van der Waals surface area contributed by atoms with E-state index in [1.807, 2.05) is 6.92 Å². The van der Waals surface area contributed by atoms with Gasteiger partial charge in [0.25, 0.3) is 5.69 Å². The minimum atomic E-state index is -0.536. The third-order valence-electron chi connectivity index (χ3n) is 2.71. The van der Waals surface area contributed by atoms with Crippen molar-refractivity contribution in [3.05, 3.63) is 50.7 Å². The lowest BCUT2D eigenvalue weighted by Gasteiger charge is -2.07. The minimum absolute atomic E-state index is 0.0104. The molecule has 1 heterocycles. The summed E-state index contributed by atoms with van der Waals surface area (Å²) in [5, 5.41) is 17.4. The van der Waals surface area contributed by atoms with Crippen molar-refractivity contribution in [2.24, 2.45) is 0 Å². The summed E-state index contributed by atoms with van der Waals surface area (Å²) in [6.07, 6.45) is 1.59. The van der Waals surface area contributed by atoms with E-state index < -0.39 is 4.92 Å². The highest BCUT2D eigenvalue weighted by atomic mass is 79.9. The Bertz CT molecular complexity index is 668. The number of benzene rings is 1. The van der Waals surface area contributed by atoms with E-state index in [1.165, 1.54) is 16.8 Å². The summed E-state index contributed by atoms with van der Waals surface area (Å²) in [6.45, 7) is 1.80. The van der Waals surface area contributed by atoms with Crippen molar-refractivity contribution in [3.8, 4) is 0 Å². The number of nitrogens with zero attached hydrogens (tertiary/aromatic N) is 3. The van der Waals surface area contributed by atoms with Crippen LogP contribution >= 0.6 is 15.9 Å². The Hall–Kier alpha value is -2.22. The Labute approximate surface area is 122 Å². The fourth-order valence-electron chi connectivity index (χ4n) is 1.65. The van der Waals surface area contributed by atoms with Crippen molar-refractivity contribution in [2.75, 3.05) is 5.32 Å². The molecule has 1 aromatic carbocycles. The number of carbonyl (C=O) groups excluding carboxylic acids is 1. The van der Waals surface area contributed by atoms with Gasteiger partial charge in [-0.1, -0.05) is 12.1 Å². The molecule has 0 unspecified atom stereocenters. The number of hydrogen-bond acceptors (Lipinski definition) is 4. The number of amides is 1. The molecule has 8 heteroatoms. The number of nitro groups is 1. The maximum atomic E-state index is 11.9. The molecule has 0 radical (unpaired) electrons. The molecule has 104 valence electrons. The van der Waals surface area contributed by atoms with Gasteiger partial charge in [0.1, 0.15) is 12.2 Å². The summed E-state index contributed by atoms with van der Waals surface area (Å²) < 4.78 is 2.31. The van der Waals surface area contributed by atoms with Crippen LogP contribution in [-0.4, -0.2) is 20.6 Å². The van der Waals surface area contributed by atoms with E-state index in [0.717, 1.165) is 10.2 Å². The summed E-state index contributed by atoms with van der Waals surface area (Å²) in [6, 6.07) is 5.99. The number of rotatable bonds is 4. The first-order chi connectivity index (χ1) is 9.49. The van der Waals surface area contributed by atoms with Gasteiger partial charge in [0, 0.05) is 6.07 Å². The number of halogens is 1. The van der Waals surface area contributed by atoms with E-state index in [9.17, 15) is 14.9 Å². The lowest BCUT2D eigenvalue weighted by atomic mass is 10.2. The molecule has 1 amide bonds. The molecule has 0 saturated heterocycles. The van der Waals surface area contributed by atoms with Crippen molar-refractivity contribution in [3.63, 3.8) is 0 Å². The van der Waals surface area contributed by atoms with Crippen molar-refractivity contribution in [2.45, 2.75) is 13.5 Å². The predicted octanol–water partition coefficient (Wildman–Crippen LogP) is 2.50. The van der Waals surface area contributed by atoms with Gasteiger partial charge in [-0.15, -0.1) is 0 Å². The molecular weight excluding hydrogens is 328 g/mol. The van der Waals surface area contributed by atoms with Gasteiger partial charge < -0.3 is 5.32 Å². The first-order valence-electron chi connectivity index (χ1n) is 5.70. The van der Waals surface area contributed by atoms with Gasteiger partial charge in [-0.05, 0) is 28.9 Å². The van der Waals surface area contributed by atoms with Crippen LogP contribution in [0.3, 0.4) is 0 Å². The molecule has 2 aromatic rings. The second-order valence-corrected chi connectivity index (χ2v) is 4.91. The van der Waals surface area contributed by atoms with Crippen molar-refractivity contribution >= 4 is 33.2 Å². The Morgan fingerprint density at radius 1 is 1.50 bits per heavy atom. The van der Waals surface area contributed by atoms with Gasteiger partial charge in [-0.2, -0.15) is 5.10 Å². The SMILES string of the molecule is Cc1c(Br)cnn1CC(=O)Nc1ccccc1[N+](=O)[O-]. The van der Waals surface area contributed by atoms with Crippen molar-refractivity contribution < 1.29 is 9.72 Å². The molecule has 0 bridgehead atoms. The van der Waals surface area contributed by atoms with Crippen LogP contribution in [0.15, 0.2) is 34.9 Å². The first kappa shape index (κ1) is 14.2. The van der Waals surface area contributed by atoms with Gasteiger partial charge in [-0.25, -0.2) is 0 Å². The second-order valence-electron chi connectivity index (χ2n) is 4.06. The summed E-state index contributed by atoms with van der Waals surface area (Å²) in [4.78, 5) is 22.2. The third kappa shape index (κ3) is 3.02. The number of anilines is 1. The van der Waals surface area contributed by atoms with E-state index in [1.54, 1.807) is 18.3 Å². The standard InChI is InChI=1S/C12H11BrN4O3/c1-8-9(13)6-14-16(8)7-12(18)15-10-4-2-3-5-11(10)17(19)20/h2-6H,7H2,1H3,(H,15,18). The van der Waals surface area contributed by atoms with Gasteiger partial charge >= 0.3 is 0 Å². The van der Waals surface area contributed by atoms with Crippen molar-refractivity contribution in [1.29, 1.82) is 0 Å². The molecule has 2 rings (SSSR count). The number of hydrogen-bond donors (Lipinski definition) is 1.